The Balaban J connectivity index is 0.00000212. The molecule has 0 saturated heterocycles. The second kappa shape index (κ2) is 13.5. The average Bonchev–Trinajstić information content (AvgIpc) is 2.70. The van der Waals surface area contributed by atoms with E-state index in [1.54, 1.807) is 20.8 Å². The van der Waals surface area contributed by atoms with Gasteiger partial charge in [0.05, 0.1) is 5.56 Å². The Morgan fingerprint density at radius 2 is 1.58 bits per heavy atom. The molecule has 0 bridgehead atoms. The number of hydrogen-bond donors (Lipinski definition) is 2. The number of carbonyl (C=O) groups excluding carboxylic acids is 1. The highest BCUT2D eigenvalue weighted by Gasteiger charge is 2.18. The molecular weight excluding hydrogens is 427 g/mol. The lowest BCUT2D eigenvalue weighted by molar-refractivity contribution is -0.0494. The maximum absolute atomic E-state index is 12.7. The van der Waals surface area contributed by atoms with Gasteiger partial charge >= 0.3 is 18.7 Å². The number of carboxylic acid groups (broad SMARTS) is 1. The summed E-state index contributed by atoms with van der Waals surface area (Å²) < 4.78 is 35.1. The van der Waals surface area contributed by atoms with E-state index in [2.05, 4.69) is 19.3 Å². The molecule has 31 heavy (non-hydrogen) atoms. The van der Waals surface area contributed by atoms with Crippen molar-refractivity contribution in [2.24, 2.45) is 0 Å². The van der Waals surface area contributed by atoms with Gasteiger partial charge in [-0.15, -0.1) is 9.24 Å². The van der Waals surface area contributed by atoms with Crippen molar-refractivity contribution >= 4 is 27.0 Å². The minimum atomic E-state index is -3.04. The van der Waals surface area contributed by atoms with Gasteiger partial charge in [0.2, 0.25) is 0 Å². The smallest absolute Gasteiger partial charge is 0.412 e. The lowest BCUT2D eigenvalue weighted by atomic mass is 10.0. The summed E-state index contributed by atoms with van der Waals surface area (Å²) in [5.41, 5.74) is 0.378. The van der Waals surface area contributed by atoms with Gasteiger partial charge in [0.15, 0.2) is 0 Å². The summed E-state index contributed by atoms with van der Waals surface area (Å²) in [7, 11) is 2.42. The van der Waals surface area contributed by atoms with Crippen LogP contribution in [0.1, 0.15) is 45.0 Å². The lowest BCUT2D eigenvalue weighted by Crippen LogP contribution is -2.27. The monoisotopic (exact) mass is 457 g/mol. The molecule has 1 unspecified atom stereocenters. The molecule has 0 aliphatic heterocycles. The molecule has 0 aliphatic rings. The van der Waals surface area contributed by atoms with Crippen molar-refractivity contribution in [3.63, 3.8) is 0 Å². The molecule has 0 spiro atoms. The van der Waals surface area contributed by atoms with E-state index in [0.29, 0.717) is 11.3 Å². The van der Waals surface area contributed by atoms with Crippen LogP contribution < -0.4 is 10.1 Å². The number of carboxylic acids is 1. The van der Waals surface area contributed by atoms with E-state index in [4.69, 9.17) is 9.84 Å². The van der Waals surface area contributed by atoms with Crippen LogP contribution in [0.3, 0.4) is 0 Å². The zero-order chi connectivity index (χ0) is 24.2. The Kier molecular flexibility index (Phi) is 12.4. The lowest BCUT2D eigenvalue weighted by Gasteiger charge is -2.20. The Hall–Kier alpha value is -2.73. The predicted octanol–water partition coefficient (Wildman–Crippen LogP) is 6.52. The normalized spacial score (nSPS) is 10.1. The summed E-state index contributed by atoms with van der Waals surface area (Å²) in [5, 5.41) is 11.5. The van der Waals surface area contributed by atoms with Crippen molar-refractivity contribution in [2.75, 3.05) is 12.0 Å². The van der Waals surface area contributed by atoms with Gasteiger partial charge in [-0.1, -0.05) is 32.6 Å². The van der Waals surface area contributed by atoms with Gasteiger partial charge in [-0.25, -0.2) is 9.59 Å². The van der Waals surface area contributed by atoms with Crippen LogP contribution in [0.2, 0.25) is 0 Å². The number of aromatic carboxylic acids is 1. The Morgan fingerprint density at radius 1 is 1.03 bits per heavy atom. The Bertz CT molecular complexity index is 837. The van der Waals surface area contributed by atoms with Crippen LogP contribution >= 0.6 is 9.24 Å². The van der Waals surface area contributed by atoms with Crippen LogP contribution in [0, 0.1) is 0 Å². The molecule has 0 aromatic heterocycles. The van der Waals surface area contributed by atoms with Crippen molar-refractivity contribution in [1.29, 1.82) is 0 Å². The molecule has 2 aromatic carbocycles. The van der Waals surface area contributed by atoms with Gasteiger partial charge in [-0.05, 0) is 56.7 Å². The second-order valence-corrected chi connectivity index (χ2v) is 6.60. The summed E-state index contributed by atoms with van der Waals surface area (Å²) in [4.78, 5) is 22.9. The summed E-state index contributed by atoms with van der Waals surface area (Å²) >= 11 is 0. The van der Waals surface area contributed by atoms with Gasteiger partial charge in [0, 0.05) is 11.3 Å². The van der Waals surface area contributed by atoms with E-state index in [0.717, 1.165) is 0 Å². The number of halogens is 2. The van der Waals surface area contributed by atoms with E-state index < -0.39 is 24.3 Å². The average molecular weight is 457 g/mol. The highest BCUT2D eigenvalue weighted by molar-refractivity contribution is 7.15. The molecule has 0 saturated carbocycles. The van der Waals surface area contributed by atoms with E-state index in [9.17, 15) is 18.4 Å². The zero-order valence-corrected chi connectivity index (χ0v) is 19.7. The number of rotatable bonds is 5. The molecule has 2 N–H and O–H groups in total. The summed E-state index contributed by atoms with van der Waals surface area (Å²) in [6.45, 7) is 8.01. The Labute approximate surface area is 184 Å². The molecule has 0 radical (unpaired) electrons. The molecule has 172 valence electrons. The number of amides is 1. The molecule has 0 fully saturated rings. The Morgan fingerprint density at radius 3 is 2.03 bits per heavy atom. The molecule has 6 nitrogen and oxygen atoms in total. The number of ether oxygens (including phenoxy) is 2. The van der Waals surface area contributed by atoms with Crippen molar-refractivity contribution in [2.45, 2.75) is 46.8 Å². The summed E-state index contributed by atoms with van der Waals surface area (Å²) in [5.74, 6) is -1.21. The van der Waals surface area contributed by atoms with Crippen molar-refractivity contribution in [3.05, 3.63) is 48.0 Å². The number of hydrogen-bond acceptors (Lipinski definition) is 4. The minimum absolute atomic E-state index is 0.0538. The third-order valence-corrected chi connectivity index (χ3v) is 3.28. The molecule has 9 heteroatoms. The molecule has 1 atom stereocenters. The van der Waals surface area contributed by atoms with Gasteiger partial charge in [0.25, 0.3) is 0 Å². The van der Waals surface area contributed by atoms with Crippen LogP contribution in [-0.2, 0) is 4.74 Å². The fourth-order valence-corrected chi connectivity index (χ4v) is 2.25. The maximum Gasteiger partial charge on any atom is 0.412 e. The largest absolute Gasteiger partial charge is 0.478 e. The highest BCUT2D eigenvalue weighted by atomic mass is 31.0. The van der Waals surface area contributed by atoms with Gasteiger partial charge < -0.3 is 14.6 Å². The molecular formula is C22H30F2NO5P. The molecule has 2 rings (SSSR count). The molecule has 2 aromatic rings. The van der Waals surface area contributed by atoms with E-state index >= 15 is 0 Å². The first kappa shape index (κ1) is 28.3. The van der Waals surface area contributed by atoms with E-state index in [1.807, 2.05) is 20.5 Å². The van der Waals surface area contributed by atoms with Crippen molar-refractivity contribution in [1.82, 2.24) is 0 Å². The number of anilines is 1. The summed E-state index contributed by atoms with van der Waals surface area (Å²) in [6.07, 6.45) is -0.697. The van der Waals surface area contributed by atoms with Crippen LogP contribution in [0.25, 0.3) is 11.1 Å². The van der Waals surface area contributed by atoms with Crippen molar-refractivity contribution in [3.8, 4) is 16.9 Å². The fraction of sp³-hybridized carbons (Fsp3) is 0.364. The summed E-state index contributed by atoms with van der Waals surface area (Å²) in [6, 6.07) is 9.76. The molecule has 0 heterocycles. The number of alkyl halides is 2. The first-order valence-corrected chi connectivity index (χ1v) is 10.7. The fourth-order valence-electron chi connectivity index (χ4n) is 2.25. The van der Waals surface area contributed by atoms with Gasteiger partial charge in [-0.3, -0.25) is 5.32 Å². The minimum Gasteiger partial charge on any atom is -0.478 e. The van der Waals surface area contributed by atoms with E-state index in [1.165, 1.54) is 42.5 Å². The molecule has 1 amide bonds. The maximum atomic E-state index is 12.7. The second-order valence-electron chi connectivity index (χ2n) is 6.60. The zero-order valence-electron chi connectivity index (χ0n) is 18.5. The highest BCUT2D eigenvalue weighted by Crippen LogP contribution is 2.34. The third kappa shape index (κ3) is 10.2. The SMILES string of the molecule is CC.CC(C)(C)OC(=O)Nc1ccc(OC(F)F)c(-c2ccc(C(=O)O)cc2)c1.CP. The van der Waals surface area contributed by atoms with Crippen LogP contribution in [0.5, 0.6) is 5.75 Å². The van der Waals surface area contributed by atoms with Crippen LogP contribution in [-0.4, -0.2) is 36.0 Å². The first-order valence-electron chi connectivity index (χ1n) is 9.55. The van der Waals surface area contributed by atoms with E-state index in [-0.39, 0.29) is 16.9 Å². The quantitative estimate of drug-likeness (QED) is 0.500. The number of carbonyl (C=O) groups is 2. The van der Waals surface area contributed by atoms with Crippen LogP contribution in [0.15, 0.2) is 42.5 Å². The van der Waals surface area contributed by atoms with Crippen LogP contribution in [0.4, 0.5) is 19.3 Å². The third-order valence-electron chi connectivity index (χ3n) is 3.28. The van der Waals surface area contributed by atoms with Gasteiger partial charge in [-0.2, -0.15) is 8.78 Å². The number of benzene rings is 2. The molecule has 0 aliphatic carbocycles. The topological polar surface area (TPSA) is 84.9 Å². The predicted molar refractivity (Wildman–Crippen MR) is 122 cm³/mol. The van der Waals surface area contributed by atoms with Crippen molar-refractivity contribution < 1.29 is 33.0 Å². The van der Waals surface area contributed by atoms with Gasteiger partial charge in [0.1, 0.15) is 11.4 Å². The first-order chi connectivity index (χ1) is 14.5. The number of nitrogens with one attached hydrogen (secondary N) is 1. The standard InChI is InChI=1S/C19H19F2NO5.C2H6.CH5P/c1-19(2,3)27-18(25)22-13-8-9-15(26-17(20)21)14(10-13)11-4-6-12(7-5-11)16(23)24;2*1-2/h4-10,17H,1-3H3,(H,22,25)(H,23,24);1-2H3;2H2,1H3.